The van der Waals surface area contributed by atoms with Gasteiger partial charge in [-0.3, -0.25) is 19.2 Å². The van der Waals surface area contributed by atoms with Crippen molar-refractivity contribution in [2.24, 2.45) is 0 Å². The summed E-state index contributed by atoms with van der Waals surface area (Å²) in [5, 5.41) is 22.3. The van der Waals surface area contributed by atoms with Gasteiger partial charge in [-0.15, -0.1) is 0 Å². The fourth-order valence-electron chi connectivity index (χ4n) is 2.74. The molecule has 0 saturated carbocycles. The number of amides is 2. The number of carbonyl (C=O) groups is 4. The lowest BCUT2D eigenvalue weighted by Gasteiger charge is -2.09. The molecule has 0 heterocycles. The molecule has 0 rings (SSSR count). The SMILES string of the molecule is C[C@@H](NC(=O)CCCCCCCCCCCCC(=O)N[C@H](C)C(=O)O)C(=O)O. The van der Waals surface area contributed by atoms with Gasteiger partial charge in [-0.25, -0.2) is 0 Å². The Balaban J connectivity index is 3.38. The van der Waals surface area contributed by atoms with Gasteiger partial charge in [-0.1, -0.05) is 51.4 Å². The van der Waals surface area contributed by atoms with E-state index >= 15 is 0 Å². The average molecular weight is 401 g/mol. The lowest BCUT2D eigenvalue weighted by Crippen LogP contribution is -2.38. The molecule has 4 N–H and O–H groups in total. The molecule has 0 unspecified atom stereocenters. The highest BCUT2D eigenvalue weighted by molar-refractivity contribution is 5.83. The predicted octanol–water partition coefficient (Wildman–Crippen LogP) is 2.85. The molecule has 0 spiro atoms. The number of hydrogen-bond acceptors (Lipinski definition) is 4. The zero-order valence-electron chi connectivity index (χ0n) is 17.2. The van der Waals surface area contributed by atoms with Crippen molar-refractivity contribution in [2.45, 2.75) is 103 Å². The van der Waals surface area contributed by atoms with Crippen molar-refractivity contribution in [3.8, 4) is 0 Å². The molecule has 2 atom stereocenters. The summed E-state index contributed by atoms with van der Waals surface area (Å²) in [6.07, 6.45) is 10.9. The lowest BCUT2D eigenvalue weighted by atomic mass is 10.0. The first-order valence-electron chi connectivity index (χ1n) is 10.3. The van der Waals surface area contributed by atoms with Gasteiger partial charge < -0.3 is 20.8 Å². The van der Waals surface area contributed by atoms with Gasteiger partial charge in [0.05, 0.1) is 0 Å². The molecule has 8 heteroatoms. The van der Waals surface area contributed by atoms with E-state index in [0.717, 1.165) is 64.2 Å². The number of aliphatic carboxylic acids is 2. The Bertz CT molecular complexity index is 451. The van der Waals surface area contributed by atoms with Gasteiger partial charge in [-0.05, 0) is 26.7 Å². The highest BCUT2D eigenvalue weighted by Crippen LogP contribution is 2.12. The van der Waals surface area contributed by atoms with E-state index in [1.165, 1.54) is 13.8 Å². The third-order valence-electron chi connectivity index (χ3n) is 4.55. The summed E-state index contributed by atoms with van der Waals surface area (Å²) in [5.41, 5.74) is 0. The maximum atomic E-state index is 11.5. The van der Waals surface area contributed by atoms with Crippen LogP contribution >= 0.6 is 0 Å². The van der Waals surface area contributed by atoms with Crippen LogP contribution in [0.5, 0.6) is 0 Å². The van der Waals surface area contributed by atoms with Crippen molar-refractivity contribution in [1.29, 1.82) is 0 Å². The quantitative estimate of drug-likeness (QED) is 0.278. The molecule has 0 aromatic rings. The Labute approximate surface area is 167 Å². The van der Waals surface area contributed by atoms with Crippen LogP contribution in [0, 0.1) is 0 Å². The molecule has 0 fully saturated rings. The monoisotopic (exact) mass is 400 g/mol. The van der Waals surface area contributed by atoms with E-state index in [1.807, 2.05) is 0 Å². The van der Waals surface area contributed by atoms with E-state index in [0.29, 0.717) is 12.8 Å². The Morgan fingerprint density at radius 3 is 1.07 bits per heavy atom. The van der Waals surface area contributed by atoms with Crippen LogP contribution in [0.2, 0.25) is 0 Å². The molecular weight excluding hydrogens is 364 g/mol. The summed E-state index contributed by atoms with van der Waals surface area (Å²) in [4.78, 5) is 44.3. The number of nitrogens with one attached hydrogen (secondary N) is 2. The van der Waals surface area contributed by atoms with Crippen LogP contribution in [0.4, 0.5) is 0 Å². The van der Waals surface area contributed by atoms with Gasteiger partial charge in [0.25, 0.3) is 0 Å². The molecule has 0 aliphatic rings. The molecule has 0 radical (unpaired) electrons. The van der Waals surface area contributed by atoms with Crippen LogP contribution in [0.25, 0.3) is 0 Å². The van der Waals surface area contributed by atoms with Crippen LogP contribution in [-0.2, 0) is 19.2 Å². The Kier molecular flexibility index (Phi) is 14.7. The van der Waals surface area contributed by atoms with E-state index in [-0.39, 0.29) is 11.8 Å². The van der Waals surface area contributed by atoms with Crippen LogP contribution < -0.4 is 10.6 Å². The second kappa shape index (κ2) is 15.9. The first kappa shape index (κ1) is 25.9. The van der Waals surface area contributed by atoms with Crippen molar-refractivity contribution < 1.29 is 29.4 Å². The van der Waals surface area contributed by atoms with Crippen LogP contribution in [-0.4, -0.2) is 46.0 Å². The molecule has 2 amide bonds. The molecule has 162 valence electrons. The maximum absolute atomic E-state index is 11.5. The van der Waals surface area contributed by atoms with E-state index in [9.17, 15) is 19.2 Å². The minimum absolute atomic E-state index is 0.207. The minimum Gasteiger partial charge on any atom is -0.480 e. The average Bonchev–Trinajstić information content (AvgIpc) is 2.62. The van der Waals surface area contributed by atoms with Crippen LogP contribution in [0.1, 0.15) is 90.9 Å². The fourth-order valence-corrected chi connectivity index (χ4v) is 2.74. The van der Waals surface area contributed by atoms with E-state index in [4.69, 9.17) is 10.2 Å². The first-order valence-corrected chi connectivity index (χ1v) is 10.3. The van der Waals surface area contributed by atoms with E-state index in [2.05, 4.69) is 10.6 Å². The van der Waals surface area contributed by atoms with Crippen LogP contribution in [0.3, 0.4) is 0 Å². The van der Waals surface area contributed by atoms with Crippen molar-refractivity contribution in [3.05, 3.63) is 0 Å². The zero-order valence-corrected chi connectivity index (χ0v) is 17.2. The molecule has 0 aromatic carbocycles. The molecule has 0 aliphatic heterocycles. The summed E-state index contributed by atoms with van der Waals surface area (Å²) in [5.74, 6) is -2.46. The highest BCUT2D eigenvalue weighted by Gasteiger charge is 2.13. The number of hydrogen-bond donors (Lipinski definition) is 4. The van der Waals surface area contributed by atoms with Gasteiger partial charge in [0.2, 0.25) is 11.8 Å². The number of rotatable bonds is 17. The van der Waals surface area contributed by atoms with Crippen molar-refractivity contribution in [1.82, 2.24) is 10.6 Å². The number of carboxylic acids is 2. The number of carbonyl (C=O) groups excluding carboxylic acids is 2. The molecule has 28 heavy (non-hydrogen) atoms. The summed E-state index contributed by atoms with van der Waals surface area (Å²) in [7, 11) is 0. The standard InChI is InChI=1S/C20H36N2O6/c1-15(19(25)26)21-17(23)13-11-9-7-5-3-4-6-8-10-12-14-18(24)22-16(2)20(27)28/h15-16H,3-14H2,1-2H3,(H,21,23)(H,22,24)(H,25,26)(H,27,28)/t15-,16-/m1/s1. The van der Waals surface area contributed by atoms with Gasteiger partial charge in [0.15, 0.2) is 0 Å². The summed E-state index contributed by atoms with van der Waals surface area (Å²) in [6.45, 7) is 2.91. The van der Waals surface area contributed by atoms with Gasteiger partial charge >= 0.3 is 11.9 Å². The third kappa shape index (κ3) is 15.0. The Morgan fingerprint density at radius 1 is 0.571 bits per heavy atom. The molecule has 0 aromatic heterocycles. The normalized spacial score (nSPS) is 12.8. The van der Waals surface area contributed by atoms with E-state index < -0.39 is 24.0 Å². The van der Waals surface area contributed by atoms with Crippen LogP contribution in [0.15, 0.2) is 0 Å². The number of carboxylic acid groups (broad SMARTS) is 2. The van der Waals surface area contributed by atoms with Crippen molar-refractivity contribution in [2.75, 3.05) is 0 Å². The number of unbranched alkanes of at least 4 members (excludes halogenated alkanes) is 9. The first-order chi connectivity index (χ1) is 13.2. The Morgan fingerprint density at radius 2 is 0.821 bits per heavy atom. The largest absolute Gasteiger partial charge is 0.480 e. The molecule has 8 nitrogen and oxygen atoms in total. The summed E-state index contributed by atoms with van der Waals surface area (Å²) in [6, 6.07) is -1.68. The van der Waals surface area contributed by atoms with Gasteiger partial charge in [0.1, 0.15) is 12.1 Å². The maximum Gasteiger partial charge on any atom is 0.325 e. The van der Waals surface area contributed by atoms with Gasteiger partial charge in [-0.2, -0.15) is 0 Å². The molecule has 0 bridgehead atoms. The lowest BCUT2D eigenvalue weighted by molar-refractivity contribution is -0.141. The Hall–Kier alpha value is -2.12. The minimum atomic E-state index is -1.02. The second-order valence-corrected chi connectivity index (χ2v) is 7.29. The topological polar surface area (TPSA) is 133 Å². The predicted molar refractivity (Wildman–Crippen MR) is 106 cm³/mol. The zero-order chi connectivity index (χ0) is 21.4. The highest BCUT2D eigenvalue weighted by atomic mass is 16.4. The molecule has 0 aliphatic carbocycles. The van der Waals surface area contributed by atoms with E-state index in [1.54, 1.807) is 0 Å². The summed E-state index contributed by atoms with van der Waals surface area (Å²) >= 11 is 0. The molecular formula is C20H36N2O6. The summed E-state index contributed by atoms with van der Waals surface area (Å²) < 4.78 is 0. The third-order valence-corrected chi connectivity index (χ3v) is 4.55. The van der Waals surface area contributed by atoms with Gasteiger partial charge in [0, 0.05) is 12.8 Å². The molecule has 0 saturated heterocycles. The van der Waals surface area contributed by atoms with Crippen molar-refractivity contribution in [3.63, 3.8) is 0 Å². The second-order valence-electron chi connectivity index (χ2n) is 7.29. The smallest absolute Gasteiger partial charge is 0.325 e. The fraction of sp³-hybridized carbons (Fsp3) is 0.800. The van der Waals surface area contributed by atoms with Crippen molar-refractivity contribution >= 4 is 23.8 Å².